The van der Waals surface area contributed by atoms with Crippen molar-refractivity contribution in [1.82, 2.24) is 19.9 Å². The van der Waals surface area contributed by atoms with Crippen LogP contribution in [0.1, 0.15) is 29.9 Å². The Morgan fingerprint density at radius 2 is 2.23 bits per heavy atom. The first-order chi connectivity index (χ1) is 12.7. The predicted molar refractivity (Wildman–Crippen MR) is 95.3 cm³/mol. The first kappa shape index (κ1) is 16.8. The van der Waals surface area contributed by atoms with Gasteiger partial charge < -0.3 is 14.4 Å². The van der Waals surface area contributed by atoms with Gasteiger partial charge in [0.2, 0.25) is 5.91 Å². The number of aromatic nitrogens is 3. The van der Waals surface area contributed by atoms with Crippen molar-refractivity contribution in [2.45, 2.75) is 45.4 Å². The van der Waals surface area contributed by atoms with Crippen LogP contribution in [0.5, 0.6) is 0 Å². The summed E-state index contributed by atoms with van der Waals surface area (Å²) in [6.07, 6.45) is 4.02. The molecule has 136 valence electrons. The van der Waals surface area contributed by atoms with Crippen LogP contribution >= 0.6 is 0 Å². The summed E-state index contributed by atoms with van der Waals surface area (Å²) in [5, 5.41) is 18.1. The number of furan rings is 1. The van der Waals surface area contributed by atoms with Gasteiger partial charge in [0.15, 0.2) is 0 Å². The Labute approximate surface area is 151 Å². The fraction of sp³-hybridized carbons (Fsp3) is 0.421. The molecule has 1 aliphatic rings. The number of para-hydroxylation sites is 1. The minimum atomic E-state index is -0.125. The molecule has 0 spiro atoms. The van der Waals surface area contributed by atoms with Crippen LogP contribution in [0.4, 0.5) is 0 Å². The number of benzene rings is 1. The summed E-state index contributed by atoms with van der Waals surface area (Å²) in [6.45, 7) is 3.15. The van der Waals surface area contributed by atoms with Crippen LogP contribution in [0.25, 0.3) is 11.0 Å². The zero-order chi connectivity index (χ0) is 18.1. The zero-order valence-corrected chi connectivity index (χ0v) is 14.8. The van der Waals surface area contributed by atoms with E-state index in [1.165, 1.54) is 0 Å². The van der Waals surface area contributed by atoms with Crippen LogP contribution in [-0.2, 0) is 24.4 Å². The van der Waals surface area contributed by atoms with E-state index in [0.717, 1.165) is 41.7 Å². The van der Waals surface area contributed by atoms with Crippen LogP contribution in [-0.4, -0.2) is 43.5 Å². The molecule has 1 aliphatic heterocycles. The molecule has 1 aromatic carbocycles. The number of hydrogen-bond acceptors (Lipinski definition) is 5. The largest absolute Gasteiger partial charge is 0.461 e. The van der Waals surface area contributed by atoms with Gasteiger partial charge in [-0.2, -0.15) is 0 Å². The third-order valence-corrected chi connectivity index (χ3v) is 5.07. The highest BCUT2D eigenvalue weighted by molar-refractivity contribution is 5.88. The van der Waals surface area contributed by atoms with Crippen LogP contribution in [0.3, 0.4) is 0 Å². The van der Waals surface area contributed by atoms with Gasteiger partial charge in [0.05, 0.1) is 31.8 Å². The zero-order valence-electron chi connectivity index (χ0n) is 14.8. The highest BCUT2D eigenvalue weighted by Crippen LogP contribution is 2.27. The number of aliphatic hydroxyl groups is 1. The Hall–Kier alpha value is -2.67. The lowest BCUT2D eigenvalue weighted by molar-refractivity contribution is -0.131. The van der Waals surface area contributed by atoms with E-state index in [2.05, 4.69) is 10.3 Å². The van der Waals surface area contributed by atoms with E-state index < -0.39 is 0 Å². The van der Waals surface area contributed by atoms with Gasteiger partial charge in [0.25, 0.3) is 0 Å². The van der Waals surface area contributed by atoms with E-state index in [9.17, 15) is 4.79 Å². The van der Waals surface area contributed by atoms with E-state index in [1.807, 2.05) is 36.1 Å². The summed E-state index contributed by atoms with van der Waals surface area (Å²) >= 11 is 0. The molecule has 2 aromatic heterocycles. The molecule has 26 heavy (non-hydrogen) atoms. The topological polar surface area (TPSA) is 84.4 Å². The molecule has 1 N–H and O–H groups in total. The summed E-state index contributed by atoms with van der Waals surface area (Å²) < 4.78 is 7.49. The van der Waals surface area contributed by atoms with Crippen molar-refractivity contribution in [2.75, 3.05) is 6.54 Å². The van der Waals surface area contributed by atoms with Crippen LogP contribution < -0.4 is 0 Å². The number of aryl methyl sites for hydroxylation is 1. The average molecular weight is 354 g/mol. The van der Waals surface area contributed by atoms with E-state index in [0.29, 0.717) is 18.7 Å². The first-order valence-corrected chi connectivity index (χ1v) is 8.92. The summed E-state index contributed by atoms with van der Waals surface area (Å²) in [5.41, 5.74) is 2.34. The minimum absolute atomic E-state index is 0.106. The van der Waals surface area contributed by atoms with Gasteiger partial charge in [-0.05, 0) is 25.8 Å². The number of rotatable bonds is 5. The molecule has 7 heteroatoms. The molecule has 3 aromatic rings. The molecule has 7 nitrogen and oxygen atoms in total. The maximum Gasteiger partial charge on any atom is 0.227 e. The average Bonchev–Trinajstić information content (AvgIpc) is 3.35. The molecular formula is C19H22N4O3. The summed E-state index contributed by atoms with van der Waals surface area (Å²) in [6, 6.07) is 7.94. The smallest absolute Gasteiger partial charge is 0.227 e. The lowest BCUT2D eigenvalue weighted by Gasteiger charge is -2.24. The number of carbonyl (C=O) groups is 1. The fourth-order valence-corrected chi connectivity index (χ4v) is 3.76. The van der Waals surface area contributed by atoms with Crippen molar-refractivity contribution in [3.63, 3.8) is 0 Å². The molecule has 0 aliphatic carbocycles. The molecular weight excluding hydrogens is 332 g/mol. The lowest BCUT2D eigenvalue weighted by atomic mass is 10.1. The van der Waals surface area contributed by atoms with E-state index in [-0.39, 0.29) is 18.6 Å². The van der Waals surface area contributed by atoms with Crippen LogP contribution in [0.15, 0.2) is 34.9 Å². The molecule has 0 saturated carbocycles. The lowest BCUT2D eigenvalue weighted by Crippen LogP contribution is -2.39. The van der Waals surface area contributed by atoms with Crippen molar-refractivity contribution in [3.05, 3.63) is 47.5 Å². The van der Waals surface area contributed by atoms with E-state index in [4.69, 9.17) is 9.52 Å². The van der Waals surface area contributed by atoms with E-state index in [1.54, 1.807) is 10.9 Å². The second-order valence-corrected chi connectivity index (χ2v) is 6.78. The van der Waals surface area contributed by atoms with Crippen LogP contribution in [0, 0.1) is 6.92 Å². The molecule has 1 saturated heterocycles. The van der Waals surface area contributed by atoms with E-state index >= 15 is 0 Å². The molecule has 0 radical (unpaired) electrons. The molecule has 1 amide bonds. The predicted octanol–water partition coefficient (Wildman–Crippen LogP) is 2.06. The molecule has 4 rings (SSSR count). The number of fused-ring (bicyclic) bond motifs is 1. The second kappa shape index (κ2) is 6.92. The Morgan fingerprint density at radius 3 is 3.04 bits per heavy atom. The van der Waals surface area contributed by atoms with Crippen molar-refractivity contribution in [3.8, 4) is 0 Å². The molecule has 1 fully saturated rings. The first-order valence-electron chi connectivity index (χ1n) is 8.92. The van der Waals surface area contributed by atoms with Crippen molar-refractivity contribution in [1.29, 1.82) is 0 Å². The Balaban J connectivity index is 1.50. The minimum Gasteiger partial charge on any atom is -0.461 e. The van der Waals surface area contributed by atoms with Gasteiger partial charge >= 0.3 is 0 Å². The maximum absolute atomic E-state index is 13.0. The fourth-order valence-electron chi connectivity index (χ4n) is 3.76. The molecule has 3 heterocycles. The van der Waals surface area contributed by atoms with Crippen molar-refractivity contribution >= 4 is 16.9 Å². The summed E-state index contributed by atoms with van der Waals surface area (Å²) in [5.74, 6) is 0.920. The highest BCUT2D eigenvalue weighted by atomic mass is 16.3. The van der Waals surface area contributed by atoms with Crippen LogP contribution in [0.2, 0.25) is 0 Å². The monoisotopic (exact) mass is 354 g/mol. The quantitative estimate of drug-likeness (QED) is 0.758. The Bertz CT molecular complexity index is 930. The molecule has 1 atom stereocenters. The van der Waals surface area contributed by atoms with Gasteiger partial charge in [0, 0.05) is 17.5 Å². The summed E-state index contributed by atoms with van der Waals surface area (Å²) in [4.78, 5) is 14.9. The highest BCUT2D eigenvalue weighted by Gasteiger charge is 2.30. The third-order valence-electron chi connectivity index (χ3n) is 5.07. The molecule has 0 unspecified atom stereocenters. The summed E-state index contributed by atoms with van der Waals surface area (Å²) in [7, 11) is 0. The van der Waals surface area contributed by atoms with Gasteiger partial charge in [0.1, 0.15) is 17.0 Å². The number of aliphatic hydroxyl groups excluding tert-OH is 1. The normalized spacial score (nSPS) is 17.3. The second-order valence-electron chi connectivity index (χ2n) is 6.78. The SMILES string of the molecule is Cc1oc2ccccc2c1CC(=O)N1CCC[C@H]1Cn1cc(CO)nn1. The van der Waals surface area contributed by atoms with Crippen molar-refractivity contribution < 1.29 is 14.3 Å². The Morgan fingerprint density at radius 1 is 1.38 bits per heavy atom. The molecule has 0 bridgehead atoms. The standard InChI is InChI=1S/C19H22N4O3/c1-13-17(16-6-2-3-7-18(16)26-13)9-19(25)23-8-4-5-15(23)11-22-10-14(12-24)20-21-22/h2-3,6-7,10,15,24H,4-5,8-9,11-12H2,1H3/t15-/m0/s1. The number of hydrogen-bond donors (Lipinski definition) is 1. The van der Waals surface area contributed by atoms with Gasteiger partial charge in [-0.25, -0.2) is 0 Å². The number of carbonyl (C=O) groups excluding carboxylic acids is 1. The number of nitrogens with zero attached hydrogens (tertiary/aromatic N) is 4. The van der Waals surface area contributed by atoms with Crippen molar-refractivity contribution in [2.24, 2.45) is 0 Å². The van der Waals surface area contributed by atoms with Gasteiger partial charge in [-0.1, -0.05) is 23.4 Å². The number of likely N-dealkylation sites (tertiary alicyclic amines) is 1. The number of amides is 1. The Kier molecular flexibility index (Phi) is 4.46. The van der Waals surface area contributed by atoms with Gasteiger partial charge in [-0.15, -0.1) is 5.10 Å². The third kappa shape index (κ3) is 3.10. The maximum atomic E-state index is 13.0. The van der Waals surface area contributed by atoms with Gasteiger partial charge in [-0.3, -0.25) is 9.48 Å².